The minimum absolute atomic E-state index is 0.245. The molecule has 17 heavy (non-hydrogen) atoms. The van der Waals surface area contributed by atoms with Crippen LogP contribution in [0.5, 0.6) is 5.75 Å². The van der Waals surface area contributed by atoms with E-state index in [1.165, 1.54) is 0 Å². The first-order valence-electron chi connectivity index (χ1n) is 5.91. The van der Waals surface area contributed by atoms with Crippen molar-refractivity contribution in [2.75, 3.05) is 6.61 Å². The molecule has 4 nitrogen and oxygen atoms in total. The smallest absolute Gasteiger partial charge is 0.252 e. The first-order chi connectivity index (χ1) is 8.11. The van der Waals surface area contributed by atoms with E-state index in [4.69, 9.17) is 16.2 Å². The highest BCUT2D eigenvalue weighted by Gasteiger charge is 2.30. The van der Waals surface area contributed by atoms with Crippen LogP contribution in [0.3, 0.4) is 0 Å². The van der Waals surface area contributed by atoms with Gasteiger partial charge in [0.25, 0.3) is 5.91 Å². The lowest BCUT2D eigenvalue weighted by atomic mass is 10.0. The van der Waals surface area contributed by atoms with Gasteiger partial charge < -0.3 is 16.2 Å². The number of amides is 1. The largest absolute Gasteiger partial charge is 0.491 e. The average Bonchev–Trinajstić information content (AvgIpc) is 2.74. The van der Waals surface area contributed by atoms with Crippen LogP contribution in [0.2, 0.25) is 0 Å². The Hall–Kier alpha value is -1.55. The second-order valence-corrected chi connectivity index (χ2v) is 4.72. The molecule has 1 aliphatic carbocycles. The molecule has 1 fully saturated rings. The Morgan fingerprint density at radius 2 is 1.94 bits per heavy atom. The lowest BCUT2D eigenvalue weighted by Gasteiger charge is -2.24. The third kappa shape index (κ3) is 2.77. The first-order valence-corrected chi connectivity index (χ1v) is 5.91. The number of hydrogen-bond donors (Lipinski definition) is 2. The molecule has 0 aromatic heterocycles. The number of primary amides is 1. The summed E-state index contributed by atoms with van der Waals surface area (Å²) < 4.78 is 5.66. The molecule has 0 atom stereocenters. The van der Waals surface area contributed by atoms with E-state index in [1.54, 1.807) is 18.2 Å². The topological polar surface area (TPSA) is 78.3 Å². The van der Waals surface area contributed by atoms with E-state index in [2.05, 4.69) is 0 Å². The van der Waals surface area contributed by atoms with Gasteiger partial charge in [0.15, 0.2) is 0 Å². The zero-order valence-corrected chi connectivity index (χ0v) is 9.82. The highest BCUT2D eigenvalue weighted by Crippen LogP contribution is 2.28. The summed E-state index contributed by atoms with van der Waals surface area (Å²) in [6.07, 6.45) is 4.26. The Morgan fingerprint density at radius 1 is 1.29 bits per heavy atom. The van der Waals surface area contributed by atoms with Gasteiger partial charge in [-0.1, -0.05) is 25.0 Å². The molecule has 0 aliphatic heterocycles. The molecule has 1 saturated carbocycles. The van der Waals surface area contributed by atoms with E-state index in [0.29, 0.717) is 17.9 Å². The SMILES string of the molecule is NC(=O)c1ccccc1OCC1(N)CCCC1. The summed E-state index contributed by atoms with van der Waals surface area (Å²) >= 11 is 0. The molecule has 0 bridgehead atoms. The van der Waals surface area contributed by atoms with Gasteiger partial charge in [-0.05, 0) is 25.0 Å². The van der Waals surface area contributed by atoms with Gasteiger partial charge in [-0.2, -0.15) is 0 Å². The van der Waals surface area contributed by atoms with E-state index >= 15 is 0 Å². The summed E-state index contributed by atoms with van der Waals surface area (Å²) in [5.74, 6) is 0.0508. The number of benzene rings is 1. The Balaban J connectivity index is 2.06. The average molecular weight is 234 g/mol. The lowest BCUT2D eigenvalue weighted by Crippen LogP contribution is -2.42. The standard InChI is InChI=1S/C13H18N2O2/c14-12(16)10-5-1-2-6-11(10)17-9-13(15)7-3-4-8-13/h1-2,5-6H,3-4,7-9,15H2,(H2,14,16). The van der Waals surface area contributed by atoms with Crippen molar-refractivity contribution in [3.63, 3.8) is 0 Å². The van der Waals surface area contributed by atoms with Crippen LogP contribution in [0, 0.1) is 0 Å². The van der Waals surface area contributed by atoms with Crippen LogP contribution in [-0.2, 0) is 0 Å². The minimum atomic E-state index is -0.474. The fraction of sp³-hybridized carbons (Fsp3) is 0.462. The molecule has 92 valence electrons. The molecule has 2 rings (SSSR count). The van der Waals surface area contributed by atoms with Crippen LogP contribution < -0.4 is 16.2 Å². The van der Waals surface area contributed by atoms with Gasteiger partial charge in [-0.15, -0.1) is 0 Å². The normalized spacial score (nSPS) is 17.9. The van der Waals surface area contributed by atoms with E-state index in [0.717, 1.165) is 25.7 Å². The molecular formula is C13H18N2O2. The van der Waals surface area contributed by atoms with Gasteiger partial charge in [-0.25, -0.2) is 0 Å². The predicted octanol–water partition coefficient (Wildman–Crippen LogP) is 1.44. The van der Waals surface area contributed by atoms with E-state index < -0.39 is 5.91 Å². The fourth-order valence-corrected chi connectivity index (χ4v) is 2.24. The summed E-state index contributed by atoms with van der Waals surface area (Å²) in [6, 6.07) is 6.99. The monoisotopic (exact) mass is 234 g/mol. The number of rotatable bonds is 4. The van der Waals surface area contributed by atoms with Crippen LogP contribution in [-0.4, -0.2) is 18.1 Å². The maximum absolute atomic E-state index is 11.2. The number of ether oxygens (including phenoxy) is 1. The van der Waals surface area contributed by atoms with Gasteiger partial charge in [0.05, 0.1) is 11.1 Å². The van der Waals surface area contributed by atoms with E-state index in [-0.39, 0.29) is 5.54 Å². The van der Waals surface area contributed by atoms with Crippen molar-refractivity contribution in [3.8, 4) is 5.75 Å². The molecule has 1 aromatic carbocycles. The second kappa shape index (κ2) is 4.75. The Morgan fingerprint density at radius 3 is 2.59 bits per heavy atom. The van der Waals surface area contributed by atoms with Crippen LogP contribution in [0.25, 0.3) is 0 Å². The fourth-order valence-electron chi connectivity index (χ4n) is 2.24. The number of carbonyl (C=O) groups is 1. The maximum Gasteiger partial charge on any atom is 0.252 e. The summed E-state index contributed by atoms with van der Waals surface area (Å²) in [5.41, 5.74) is 11.6. The Labute approximate surface area is 101 Å². The first kappa shape index (κ1) is 11.9. The summed E-state index contributed by atoms with van der Waals surface area (Å²) in [7, 11) is 0. The van der Waals surface area contributed by atoms with Crippen molar-refractivity contribution in [3.05, 3.63) is 29.8 Å². The van der Waals surface area contributed by atoms with Gasteiger partial charge in [-0.3, -0.25) is 4.79 Å². The molecule has 1 amide bonds. The van der Waals surface area contributed by atoms with Crippen molar-refractivity contribution in [2.24, 2.45) is 11.5 Å². The molecule has 0 heterocycles. The molecule has 1 aromatic rings. The zero-order chi connectivity index (χ0) is 12.3. The Kier molecular flexibility index (Phi) is 3.33. The number of carbonyl (C=O) groups excluding carboxylic acids is 1. The highest BCUT2D eigenvalue weighted by atomic mass is 16.5. The zero-order valence-electron chi connectivity index (χ0n) is 9.82. The van der Waals surface area contributed by atoms with Crippen LogP contribution in [0.15, 0.2) is 24.3 Å². The van der Waals surface area contributed by atoms with Gasteiger partial charge in [0.2, 0.25) is 0 Å². The third-order valence-corrected chi connectivity index (χ3v) is 3.27. The number of hydrogen-bond acceptors (Lipinski definition) is 3. The van der Waals surface area contributed by atoms with E-state index in [9.17, 15) is 4.79 Å². The summed E-state index contributed by atoms with van der Waals surface area (Å²) in [4.78, 5) is 11.2. The van der Waals surface area contributed by atoms with Crippen molar-refractivity contribution < 1.29 is 9.53 Å². The molecule has 0 unspecified atom stereocenters. The minimum Gasteiger partial charge on any atom is -0.491 e. The van der Waals surface area contributed by atoms with Gasteiger partial charge in [0.1, 0.15) is 12.4 Å². The molecule has 4 heteroatoms. The van der Waals surface area contributed by atoms with Crippen LogP contribution in [0.1, 0.15) is 36.0 Å². The summed E-state index contributed by atoms with van der Waals surface area (Å²) in [5, 5.41) is 0. The van der Waals surface area contributed by atoms with Gasteiger partial charge in [0, 0.05) is 0 Å². The highest BCUT2D eigenvalue weighted by molar-refractivity contribution is 5.95. The lowest BCUT2D eigenvalue weighted by molar-refractivity contribution is 0.0994. The molecular weight excluding hydrogens is 216 g/mol. The molecule has 0 spiro atoms. The number of para-hydroxylation sites is 1. The molecule has 0 radical (unpaired) electrons. The van der Waals surface area contributed by atoms with Crippen LogP contribution in [0.4, 0.5) is 0 Å². The quantitative estimate of drug-likeness (QED) is 0.827. The molecule has 1 aliphatic rings. The van der Waals surface area contributed by atoms with Crippen molar-refractivity contribution in [1.29, 1.82) is 0 Å². The Bertz CT molecular complexity index is 412. The summed E-state index contributed by atoms with van der Waals surface area (Å²) in [6.45, 7) is 0.442. The third-order valence-electron chi connectivity index (χ3n) is 3.27. The molecule has 0 saturated heterocycles. The predicted molar refractivity (Wildman–Crippen MR) is 65.8 cm³/mol. The van der Waals surface area contributed by atoms with Crippen molar-refractivity contribution in [2.45, 2.75) is 31.2 Å². The maximum atomic E-state index is 11.2. The second-order valence-electron chi connectivity index (χ2n) is 4.72. The number of nitrogens with two attached hydrogens (primary N) is 2. The van der Waals surface area contributed by atoms with Crippen LogP contribution >= 0.6 is 0 Å². The van der Waals surface area contributed by atoms with E-state index in [1.807, 2.05) is 6.07 Å². The van der Waals surface area contributed by atoms with Crippen molar-refractivity contribution in [1.82, 2.24) is 0 Å². The van der Waals surface area contributed by atoms with Crippen molar-refractivity contribution >= 4 is 5.91 Å². The molecule has 4 N–H and O–H groups in total. The van der Waals surface area contributed by atoms with Gasteiger partial charge >= 0.3 is 0 Å².